The van der Waals surface area contributed by atoms with Crippen LogP contribution in [-0.2, 0) is 11.3 Å². The van der Waals surface area contributed by atoms with Crippen LogP contribution in [0.4, 0.5) is 5.69 Å². The van der Waals surface area contributed by atoms with Gasteiger partial charge in [-0.15, -0.1) is 0 Å². The van der Waals surface area contributed by atoms with Crippen molar-refractivity contribution >= 4 is 5.69 Å². The Morgan fingerprint density at radius 1 is 0.885 bits per heavy atom. The fourth-order valence-corrected chi connectivity index (χ4v) is 2.42. The molecule has 0 aromatic heterocycles. The highest BCUT2D eigenvalue weighted by atomic mass is 16.5. The molecule has 1 N–H and O–H groups in total. The van der Waals surface area contributed by atoms with Crippen molar-refractivity contribution in [2.45, 2.75) is 33.7 Å². The van der Waals surface area contributed by atoms with E-state index in [1.165, 1.54) is 0 Å². The van der Waals surface area contributed by atoms with Gasteiger partial charge in [0.2, 0.25) is 0 Å². The summed E-state index contributed by atoms with van der Waals surface area (Å²) in [6, 6.07) is 16.2. The van der Waals surface area contributed by atoms with Gasteiger partial charge in [-0.2, -0.15) is 0 Å². The summed E-state index contributed by atoms with van der Waals surface area (Å²) in [4.78, 5) is 0. The number of hydrogen-bond donors (Lipinski definition) is 1. The number of anilines is 1. The van der Waals surface area contributed by atoms with Gasteiger partial charge in [0.15, 0.2) is 0 Å². The molecule has 2 aromatic carbocycles. The lowest BCUT2D eigenvalue weighted by molar-refractivity contribution is 0.110. The van der Waals surface area contributed by atoms with E-state index in [9.17, 15) is 0 Å². The molecule has 0 fully saturated rings. The van der Waals surface area contributed by atoms with Crippen molar-refractivity contribution < 1.29 is 14.2 Å². The second kappa shape index (κ2) is 11.4. The molecular formula is C22H31NO3. The Kier molecular flexibility index (Phi) is 8.84. The minimum Gasteiger partial charge on any atom is -0.493 e. The monoisotopic (exact) mass is 357 g/mol. The van der Waals surface area contributed by atoms with Gasteiger partial charge in [-0.1, -0.05) is 32.0 Å². The maximum absolute atomic E-state index is 5.95. The van der Waals surface area contributed by atoms with Gasteiger partial charge in [-0.3, -0.25) is 0 Å². The molecule has 2 aromatic rings. The highest BCUT2D eigenvalue weighted by Crippen LogP contribution is 2.21. The predicted molar refractivity (Wildman–Crippen MR) is 107 cm³/mol. The molecule has 0 spiro atoms. The molecule has 4 heteroatoms. The third-order valence-corrected chi connectivity index (χ3v) is 3.96. The Hall–Kier alpha value is -2.20. The van der Waals surface area contributed by atoms with Crippen molar-refractivity contribution in [1.82, 2.24) is 0 Å². The fraction of sp³-hybridized carbons (Fsp3) is 0.455. The van der Waals surface area contributed by atoms with Crippen LogP contribution in [-0.4, -0.2) is 26.4 Å². The number of benzene rings is 2. The summed E-state index contributed by atoms with van der Waals surface area (Å²) in [7, 11) is 0. The molecule has 0 aliphatic rings. The Bertz CT molecular complexity index is 626. The summed E-state index contributed by atoms with van der Waals surface area (Å²) in [6.45, 7) is 9.78. The second-order valence-corrected chi connectivity index (χ2v) is 6.56. The summed E-state index contributed by atoms with van der Waals surface area (Å²) >= 11 is 0. The first-order valence-corrected chi connectivity index (χ1v) is 9.44. The van der Waals surface area contributed by atoms with E-state index >= 15 is 0 Å². The molecule has 0 amide bonds. The SMILES string of the molecule is CCOCCOc1ccc(NCc2ccccc2OCCC(C)C)cc1. The van der Waals surface area contributed by atoms with E-state index in [4.69, 9.17) is 14.2 Å². The molecule has 0 heterocycles. The van der Waals surface area contributed by atoms with Crippen LogP contribution in [0.1, 0.15) is 32.8 Å². The fourth-order valence-electron chi connectivity index (χ4n) is 2.42. The van der Waals surface area contributed by atoms with E-state index in [2.05, 4.69) is 25.2 Å². The molecule has 0 bridgehead atoms. The molecule has 2 rings (SSSR count). The number of ether oxygens (including phenoxy) is 3. The third kappa shape index (κ3) is 7.36. The minimum absolute atomic E-state index is 0.571. The maximum Gasteiger partial charge on any atom is 0.124 e. The van der Waals surface area contributed by atoms with Crippen molar-refractivity contribution in [2.75, 3.05) is 31.7 Å². The number of rotatable bonds is 12. The van der Waals surface area contributed by atoms with Crippen molar-refractivity contribution in [1.29, 1.82) is 0 Å². The molecular weight excluding hydrogens is 326 g/mol. The maximum atomic E-state index is 5.95. The van der Waals surface area contributed by atoms with Crippen LogP contribution in [0.15, 0.2) is 48.5 Å². The Balaban J connectivity index is 1.82. The van der Waals surface area contributed by atoms with Crippen molar-refractivity contribution in [3.8, 4) is 11.5 Å². The summed E-state index contributed by atoms with van der Waals surface area (Å²) in [5, 5.41) is 3.44. The average molecular weight is 357 g/mol. The number of hydrogen-bond acceptors (Lipinski definition) is 4. The summed E-state index contributed by atoms with van der Waals surface area (Å²) in [5.41, 5.74) is 2.22. The van der Waals surface area contributed by atoms with Crippen LogP contribution >= 0.6 is 0 Å². The standard InChI is InChI=1S/C22H31NO3/c1-4-24-15-16-25-21-11-9-20(10-12-21)23-17-19-7-5-6-8-22(19)26-14-13-18(2)3/h5-12,18,23H,4,13-17H2,1-3H3. The summed E-state index contributed by atoms with van der Waals surface area (Å²) < 4.78 is 16.9. The molecule has 0 aliphatic carbocycles. The highest BCUT2D eigenvalue weighted by molar-refractivity contribution is 5.47. The molecule has 0 unspecified atom stereocenters. The minimum atomic E-state index is 0.571. The number of nitrogens with one attached hydrogen (secondary N) is 1. The van der Waals surface area contributed by atoms with Crippen LogP contribution < -0.4 is 14.8 Å². The zero-order valence-electron chi connectivity index (χ0n) is 16.2. The summed E-state index contributed by atoms with van der Waals surface area (Å²) in [6.07, 6.45) is 1.06. The molecule has 0 atom stereocenters. The van der Waals surface area contributed by atoms with Gasteiger partial charge in [0.25, 0.3) is 0 Å². The molecule has 4 nitrogen and oxygen atoms in total. The van der Waals surface area contributed by atoms with Crippen molar-refractivity contribution in [2.24, 2.45) is 5.92 Å². The van der Waals surface area contributed by atoms with Crippen LogP contribution in [0, 0.1) is 5.92 Å². The first kappa shape index (κ1) is 20.1. The first-order chi connectivity index (χ1) is 12.7. The predicted octanol–water partition coefficient (Wildman–Crippen LogP) is 5.14. The van der Waals surface area contributed by atoms with Gasteiger partial charge in [0, 0.05) is 24.4 Å². The van der Waals surface area contributed by atoms with Gasteiger partial charge in [0.05, 0.1) is 13.2 Å². The van der Waals surface area contributed by atoms with E-state index in [-0.39, 0.29) is 0 Å². The van der Waals surface area contributed by atoms with Gasteiger partial charge >= 0.3 is 0 Å². The second-order valence-electron chi connectivity index (χ2n) is 6.56. The molecule has 26 heavy (non-hydrogen) atoms. The molecule has 0 radical (unpaired) electrons. The topological polar surface area (TPSA) is 39.7 Å². The van der Waals surface area contributed by atoms with E-state index in [0.717, 1.165) is 48.9 Å². The lowest BCUT2D eigenvalue weighted by Gasteiger charge is -2.14. The molecule has 142 valence electrons. The molecule has 0 saturated carbocycles. The zero-order valence-corrected chi connectivity index (χ0v) is 16.2. The van der Waals surface area contributed by atoms with Crippen LogP contribution in [0.2, 0.25) is 0 Å². The first-order valence-electron chi connectivity index (χ1n) is 9.44. The quantitative estimate of drug-likeness (QED) is 0.534. The normalized spacial score (nSPS) is 10.8. The van der Waals surface area contributed by atoms with Crippen molar-refractivity contribution in [3.63, 3.8) is 0 Å². The average Bonchev–Trinajstić information content (AvgIpc) is 2.65. The Morgan fingerprint density at radius 2 is 1.65 bits per heavy atom. The van der Waals surface area contributed by atoms with Gasteiger partial charge in [-0.25, -0.2) is 0 Å². The Labute approximate surface area is 157 Å². The highest BCUT2D eigenvalue weighted by Gasteiger charge is 2.04. The van der Waals surface area contributed by atoms with Crippen LogP contribution in [0.5, 0.6) is 11.5 Å². The summed E-state index contributed by atoms with van der Waals surface area (Å²) in [5.74, 6) is 2.46. The zero-order chi connectivity index (χ0) is 18.6. The van der Waals surface area contributed by atoms with Gasteiger partial charge in [0.1, 0.15) is 18.1 Å². The van der Waals surface area contributed by atoms with Crippen molar-refractivity contribution in [3.05, 3.63) is 54.1 Å². The van der Waals surface area contributed by atoms with E-state index in [1.54, 1.807) is 0 Å². The van der Waals surface area contributed by atoms with E-state index in [1.807, 2.05) is 49.4 Å². The molecule has 0 saturated heterocycles. The Morgan fingerprint density at radius 3 is 2.38 bits per heavy atom. The largest absolute Gasteiger partial charge is 0.493 e. The van der Waals surface area contributed by atoms with Gasteiger partial charge in [-0.05, 0) is 49.6 Å². The lowest BCUT2D eigenvalue weighted by Crippen LogP contribution is -2.07. The third-order valence-electron chi connectivity index (χ3n) is 3.96. The molecule has 0 aliphatic heterocycles. The van der Waals surface area contributed by atoms with E-state index < -0.39 is 0 Å². The smallest absolute Gasteiger partial charge is 0.124 e. The lowest BCUT2D eigenvalue weighted by atomic mass is 10.1. The van der Waals surface area contributed by atoms with Gasteiger partial charge < -0.3 is 19.5 Å². The van der Waals surface area contributed by atoms with Crippen LogP contribution in [0.3, 0.4) is 0 Å². The van der Waals surface area contributed by atoms with Crippen LogP contribution in [0.25, 0.3) is 0 Å². The number of para-hydroxylation sites is 1. The van der Waals surface area contributed by atoms with E-state index in [0.29, 0.717) is 19.1 Å².